The van der Waals surface area contributed by atoms with Crippen molar-refractivity contribution in [2.45, 2.75) is 97.3 Å². The number of hydrogen-bond acceptors (Lipinski definition) is 5. The Bertz CT molecular complexity index is 357. The van der Waals surface area contributed by atoms with Crippen molar-refractivity contribution in [1.82, 2.24) is 0 Å². The maximum atomic E-state index is 11.9. The zero-order valence-electron chi connectivity index (χ0n) is 17.9. The summed E-state index contributed by atoms with van der Waals surface area (Å²) in [5.41, 5.74) is 0. The van der Waals surface area contributed by atoms with Crippen molar-refractivity contribution in [3.63, 3.8) is 0 Å². The standard InChI is InChI=1S/C22H42O5/c1-4-6-8-9-11-17-26-21(23)14-12-15-22(24)27-19-20(16-18-25-3)13-10-7-5-2/h20H,4-19H2,1-3H3. The van der Waals surface area contributed by atoms with Crippen LogP contribution in [-0.4, -0.2) is 38.9 Å². The summed E-state index contributed by atoms with van der Waals surface area (Å²) in [5.74, 6) is -0.0748. The molecule has 0 aliphatic rings. The maximum Gasteiger partial charge on any atom is 0.305 e. The van der Waals surface area contributed by atoms with Crippen molar-refractivity contribution in [2.75, 3.05) is 26.9 Å². The van der Waals surface area contributed by atoms with Gasteiger partial charge in [-0.2, -0.15) is 0 Å². The van der Waals surface area contributed by atoms with Crippen molar-refractivity contribution in [3.8, 4) is 0 Å². The minimum absolute atomic E-state index is 0.212. The lowest BCUT2D eigenvalue weighted by atomic mass is 9.99. The van der Waals surface area contributed by atoms with E-state index in [0.29, 0.717) is 32.2 Å². The van der Waals surface area contributed by atoms with Gasteiger partial charge in [-0.15, -0.1) is 0 Å². The molecule has 0 bridgehead atoms. The number of rotatable bonds is 19. The molecule has 0 aliphatic heterocycles. The summed E-state index contributed by atoms with van der Waals surface area (Å²) in [5, 5.41) is 0. The van der Waals surface area contributed by atoms with Gasteiger partial charge in [-0.1, -0.05) is 58.8 Å². The lowest BCUT2D eigenvalue weighted by Gasteiger charge is -2.16. The number of ether oxygens (including phenoxy) is 3. The van der Waals surface area contributed by atoms with Crippen LogP contribution >= 0.6 is 0 Å². The lowest BCUT2D eigenvalue weighted by molar-refractivity contribution is -0.146. The van der Waals surface area contributed by atoms with Crippen LogP contribution in [0.1, 0.15) is 97.3 Å². The zero-order valence-corrected chi connectivity index (χ0v) is 17.9. The number of carbonyl (C=O) groups excluding carboxylic acids is 2. The normalized spacial score (nSPS) is 12.0. The summed E-state index contributed by atoms with van der Waals surface area (Å²) in [6, 6.07) is 0. The number of carbonyl (C=O) groups is 2. The summed E-state index contributed by atoms with van der Waals surface area (Å²) in [6.45, 7) is 6.00. The smallest absolute Gasteiger partial charge is 0.305 e. The van der Waals surface area contributed by atoms with E-state index in [4.69, 9.17) is 14.2 Å². The minimum Gasteiger partial charge on any atom is -0.466 e. The van der Waals surface area contributed by atoms with Gasteiger partial charge in [-0.25, -0.2) is 0 Å². The Morgan fingerprint density at radius 3 is 2.00 bits per heavy atom. The van der Waals surface area contributed by atoms with Gasteiger partial charge in [0, 0.05) is 26.6 Å². The van der Waals surface area contributed by atoms with Gasteiger partial charge in [-0.3, -0.25) is 9.59 Å². The number of esters is 2. The van der Waals surface area contributed by atoms with E-state index in [0.717, 1.165) is 32.1 Å². The summed E-state index contributed by atoms with van der Waals surface area (Å²) < 4.78 is 15.7. The van der Waals surface area contributed by atoms with Crippen LogP contribution in [0.4, 0.5) is 0 Å². The van der Waals surface area contributed by atoms with Crippen LogP contribution in [0.2, 0.25) is 0 Å². The third-order valence-electron chi connectivity index (χ3n) is 4.70. The molecule has 0 aromatic rings. The van der Waals surface area contributed by atoms with E-state index < -0.39 is 0 Å². The van der Waals surface area contributed by atoms with Crippen LogP contribution in [0.3, 0.4) is 0 Å². The van der Waals surface area contributed by atoms with Gasteiger partial charge in [0.25, 0.3) is 0 Å². The Morgan fingerprint density at radius 1 is 0.704 bits per heavy atom. The van der Waals surface area contributed by atoms with Gasteiger partial charge in [-0.05, 0) is 31.6 Å². The lowest BCUT2D eigenvalue weighted by Crippen LogP contribution is -2.16. The van der Waals surface area contributed by atoms with Crippen molar-refractivity contribution < 1.29 is 23.8 Å². The van der Waals surface area contributed by atoms with Gasteiger partial charge in [0.15, 0.2) is 0 Å². The fourth-order valence-corrected chi connectivity index (χ4v) is 2.90. The quantitative estimate of drug-likeness (QED) is 0.218. The van der Waals surface area contributed by atoms with Crippen molar-refractivity contribution in [3.05, 3.63) is 0 Å². The SMILES string of the molecule is CCCCCCCOC(=O)CCCC(=O)OCC(CCCCC)CCOC. The molecule has 0 N–H and O–H groups in total. The molecule has 0 fully saturated rings. The molecule has 0 heterocycles. The first kappa shape index (κ1) is 25.9. The Morgan fingerprint density at radius 2 is 1.33 bits per heavy atom. The molecule has 160 valence electrons. The Balaban J connectivity index is 3.75. The first-order valence-corrected chi connectivity index (χ1v) is 10.9. The molecule has 0 rings (SSSR count). The van der Waals surface area contributed by atoms with Crippen molar-refractivity contribution in [1.29, 1.82) is 0 Å². The molecule has 0 aliphatic carbocycles. The maximum absolute atomic E-state index is 11.9. The van der Waals surface area contributed by atoms with Gasteiger partial charge in [0.05, 0.1) is 13.2 Å². The molecule has 0 saturated heterocycles. The Kier molecular flexibility index (Phi) is 18.9. The number of hydrogen-bond donors (Lipinski definition) is 0. The minimum atomic E-state index is -0.222. The molecular formula is C22H42O5. The predicted molar refractivity (Wildman–Crippen MR) is 109 cm³/mol. The van der Waals surface area contributed by atoms with E-state index in [2.05, 4.69) is 13.8 Å². The van der Waals surface area contributed by atoms with E-state index in [1.807, 2.05) is 0 Å². The summed E-state index contributed by atoms with van der Waals surface area (Å²) in [6.07, 6.45) is 12.3. The molecule has 0 saturated carbocycles. The van der Waals surface area contributed by atoms with Crippen LogP contribution in [0.5, 0.6) is 0 Å². The Hall–Kier alpha value is -1.10. The summed E-state index contributed by atoms with van der Waals surface area (Å²) in [7, 11) is 1.69. The second kappa shape index (κ2) is 19.7. The zero-order chi connectivity index (χ0) is 20.2. The van der Waals surface area contributed by atoms with E-state index in [-0.39, 0.29) is 24.8 Å². The predicted octanol–water partition coefficient (Wildman–Crippen LogP) is 5.45. The largest absolute Gasteiger partial charge is 0.466 e. The van der Waals surface area contributed by atoms with E-state index in [1.165, 1.54) is 32.1 Å². The number of methoxy groups -OCH3 is 1. The van der Waals surface area contributed by atoms with Gasteiger partial charge in [0.2, 0.25) is 0 Å². The fraction of sp³-hybridized carbons (Fsp3) is 0.909. The molecule has 5 heteroatoms. The van der Waals surface area contributed by atoms with Gasteiger partial charge in [0.1, 0.15) is 0 Å². The van der Waals surface area contributed by atoms with Crippen molar-refractivity contribution in [2.24, 2.45) is 5.92 Å². The van der Waals surface area contributed by atoms with E-state index in [9.17, 15) is 9.59 Å². The highest BCUT2D eigenvalue weighted by Gasteiger charge is 2.13. The summed E-state index contributed by atoms with van der Waals surface area (Å²) >= 11 is 0. The average Bonchev–Trinajstić information content (AvgIpc) is 2.66. The third-order valence-corrected chi connectivity index (χ3v) is 4.70. The van der Waals surface area contributed by atoms with E-state index in [1.54, 1.807) is 7.11 Å². The highest BCUT2D eigenvalue weighted by molar-refractivity contribution is 5.72. The molecule has 0 aromatic heterocycles. The summed E-state index contributed by atoms with van der Waals surface area (Å²) in [4.78, 5) is 23.5. The molecular weight excluding hydrogens is 344 g/mol. The molecule has 5 nitrogen and oxygen atoms in total. The van der Waals surface area contributed by atoms with Crippen LogP contribution in [0.15, 0.2) is 0 Å². The molecule has 27 heavy (non-hydrogen) atoms. The topological polar surface area (TPSA) is 61.8 Å². The molecule has 0 amide bonds. The monoisotopic (exact) mass is 386 g/mol. The van der Waals surface area contributed by atoms with Crippen LogP contribution in [0, 0.1) is 5.92 Å². The van der Waals surface area contributed by atoms with Crippen LogP contribution in [0.25, 0.3) is 0 Å². The molecule has 0 aromatic carbocycles. The third kappa shape index (κ3) is 18.0. The second-order valence-electron chi connectivity index (χ2n) is 7.31. The molecule has 1 unspecified atom stereocenters. The number of unbranched alkanes of at least 4 members (excludes halogenated alkanes) is 6. The Labute approximate surface area is 166 Å². The second-order valence-corrected chi connectivity index (χ2v) is 7.31. The molecule has 1 atom stereocenters. The van der Waals surface area contributed by atoms with E-state index >= 15 is 0 Å². The first-order chi connectivity index (χ1) is 13.1. The highest BCUT2D eigenvalue weighted by Crippen LogP contribution is 2.15. The molecule has 0 spiro atoms. The van der Waals surface area contributed by atoms with Crippen LogP contribution in [-0.2, 0) is 23.8 Å². The first-order valence-electron chi connectivity index (χ1n) is 10.9. The van der Waals surface area contributed by atoms with Crippen molar-refractivity contribution >= 4 is 11.9 Å². The van der Waals surface area contributed by atoms with Gasteiger partial charge < -0.3 is 14.2 Å². The fourth-order valence-electron chi connectivity index (χ4n) is 2.90. The van der Waals surface area contributed by atoms with Gasteiger partial charge >= 0.3 is 11.9 Å². The average molecular weight is 387 g/mol. The van der Waals surface area contributed by atoms with Crippen LogP contribution < -0.4 is 0 Å². The molecule has 0 radical (unpaired) electrons. The highest BCUT2D eigenvalue weighted by atomic mass is 16.5.